The van der Waals surface area contributed by atoms with Crippen LogP contribution in [-0.2, 0) is 0 Å². The summed E-state index contributed by atoms with van der Waals surface area (Å²) in [4.78, 5) is 12.2. The Hall–Kier alpha value is -3.54. The molecule has 1 aromatic heterocycles. The summed E-state index contributed by atoms with van der Waals surface area (Å²) in [6, 6.07) is 16.5. The third-order valence-electron chi connectivity index (χ3n) is 4.30. The Kier molecular flexibility index (Phi) is 5.26. The third-order valence-corrected chi connectivity index (χ3v) is 4.30. The van der Waals surface area contributed by atoms with E-state index in [1.165, 1.54) is 19.2 Å². The molecule has 0 unspecified atom stereocenters. The van der Waals surface area contributed by atoms with Crippen LogP contribution in [0.15, 0.2) is 59.7 Å². The van der Waals surface area contributed by atoms with E-state index in [0.717, 1.165) is 22.6 Å². The number of hydrogen-bond acceptors (Lipinski definition) is 4. The molecule has 3 rings (SSSR count). The number of amides is 1. The minimum absolute atomic E-state index is 0.128. The number of hydrazone groups is 1. The number of nitrogens with one attached hydrogen (secondary N) is 1. The van der Waals surface area contributed by atoms with Crippen LogP contribution in [0.3, 0.4) is 0 Å². The van der Waals surface area contributed by atoms with Gasteiger partial charge >= 0.3 is 0 Å². The van der Waals surface area contributed by atoms with E-state index in [1.807, 2.05) is 50.2 Å². The van der Waals surface area contributed by atoms with E-state index in [2.05, 4.69) is 15.1 Å². The molecule has 2 aromatic carbocycles. The van der Waals surface area contributed by atoms with Gasteiger partial charge in [-0.2, -0.15) is 5.10 Å². The lowest BCUT2D eigenvalue weighted by Gasteiger charge is -2.09. The number of phenols is 1. The van der Waals surface area contributed by atoms with Crippen molar-refractivity contribution in [3.63, 3.8) is 0 Å². The number of rotatable bonds is 5. The number of carbonyl (C=O) groups excluding carboxylic acids is 1. The molecule has 1 heterocycles. The summed E-state index contributed by atoms with van der Waals surface area (Å²) in [5, 5.41) is 14.0. The highest BCUT2D eigenvalue weighted by atomic mass is 16.5. The van der Waals surface area contributed by atoms with Gasteiger partial charge in [0, 0.05) is 28.7 Å². The molecule has 0 radical (unpaired) electrons. The van der Waals surface area contributed by atoms with Gasteiger partial charge in [0.1, 0.15) is 11.5 Å². The molecule has 2 N–H and O–H groups in total. The molecule has 0 spiro atoms. The standard InChI is InChI=1S/C21H21N3O3/c1-14-11-16(15(2)24(14)17-7-5-4-6-8-17)13-22-23-21(26)19-10-9-18(27-3)12-20(19)25/h4-13,25H,1-3H3,(H,23,26)/b22-13-. The van der Waals surface area contributed by atoms with Crippen LogP contribution in [0.1, 0.15) is 27.3 Å². The predicted octanol–water partition coefficient (Wildman–Crippen LogP) is 3.57. The summed E-state index contributed by atoms with van der Waals surface area (Å²) in [5.41, 5.74) is 6.62. The first-order chi connectivity index (χ1) is 13.0. The fourth-order valence-electron chi connectivity index (χ4n) is 2.94. The SMILES string of the molecule is COc1ccc(C(=O)N/N=C\c2cc(C)n(-c3ccccc3)c2C)c(O)c1. The zero-order valence-corrected chi connectivity index (χ0v) is 15.4. The number of carbonyl (C=O) groups is 1. The average Bonchev–Trinajstić information content (AvgIpc) is 2.95. The lowest BCUT2D eigenvalue weighted by atomic mass is 10.2. The first kappa shape index (κ1) is 18.3. The van der Waals surface area contributed by atoms with Gasteiger partial charge in [-0.15, -0.1) is 0 Å². The Morgan fingerprint density at radius 1 is 1.15 bits per heavy atom. The second-order valence-electron chi connectivity index (χ2n) is 6.08. The fraction of sp³-hybridized carbons (Fsp3) is 0.143. The van der Waals surface area contributed by atoms with Crippen molar-refractivity contribution in [3.8, 4) is 17.2 Å². The molecule has 0 aliphatic carbocycles. The third kappa shape index (κ3) is 3.84. The molecule has 0 aliphatic heterocycles. The van der Waals surface area contributed by atoms with E-state index in [4.69, 9.17) is 4.74 Å². The quantitative estimate of drug-likeness (QED) is 0.537. The van der Waals surface area contributed by atoms with Crippen molar-refractivity contribution in [2.24, 2.45) is 5.10 Å². The van der Waals surface area contributed by atoms with Gasteiger partial charge in [0.05, 0.1) is 18.9 Å². The molecule has 138 valence electrons. The van der Waals surface area contributed by atoms with Crippen molar-refractivity contribution in [3.05, 3.63) is 77.1 Å². The maximum atomic E-state index is 12.2. The molecule has 0 fully saturated rings. The highest BCUT2D eigenvalue weighted by Crippen LogP contribution is 2.23. The second kappa shape index (κ2) is 7.78. The van der Waals surface area contributed by atoms with Crippen LogP contribution < -0.4 is 10.2 Å². The van der Waals surface area contributed by atoms with E-state index in [0.29, 0.717) is 5.75 Å². The molecule has 0 aliphatic rings. The van der Waals surface area contributed by atoms with Crippen molar-refractivity contribution in [2.45, 2.75) is 13.8 Å². The van der Waals surface area contributed by atoms with Crippen molar-refractivity contribution in [1.82, 2.24) is 9.99 Å². The summed E-state index contributed by atoms with van der Waals surface area (Å²) in [7, 11) is 1.49. The van der Waals surface area contributed by atoms with E-state index >= 15 is 0 Å². The van der Waals surface area contributed by atoms with Crippen LogP contribution in [0.4, 0.5) is 0 Å². The number of nitrogens with zero attached hydrogens (tertiary/aromatic N) is 2. The maximum Gasteiger partial charge on any atom is 0.275 e. The minimum atomic E-state index is -0.497. The van der Waals surface area contributed by atoms with Crippen LogP contribution >= 0.6 is 0 Å². The van der Waals surface area contributed by atoms with Gasteiger partial charge < -0.3 is 14.4 Å². The number of phenolic OH excluding ortho intramolecular Hbond substituents is 1. The summed E-state index contributed by atoms with van der Waals surface area (Å²) in [5.74, 6) is -0.187. The molecule has 6 nitrogen and oxygen atoms in total. The summed E-state index contributed by atoms with van der Waals surface area (Å²) in [6.45, 7) is 4.02. The molecule has 1 amide bonds. The second-order valence-corrected chi connectivity index (χ2v) is 6.08. The molecule has 0 atom stereocenters. The van der Waals surface area contributed by atoms with Gasteiger partial charge in [-0.05, 0) is 44.2 Å². The van der Waals surface area contributed by atoms with Crippen molar-refractivity contribution < 1.29 is 14.6 Å². The molecule has 3 aromatic rings. The number of hydrogen-bond donors (Lipinski definition) is 2. The topological polar surface area (TPSA) is 75.8 Å². The number of methoxy groups -OCH3 is 1. The number of para-hydroxylation sites is 1. The van der Waals surface area contributed by atoms with Gasteiger partial charge in [0.25, 0.3) is 5.91 Å². The number of benzene rings is 2. The largest absolute Gasteiger partial charge is 0.507 e. The fourth-order valence-corrected chi connectivity index (χ4v) is 2.94. The molecular formula is C21H21N3O3. The normalized spacial score (nSPS) is 10.9. The highest BCUT2D eigenvalue weighted by Gasteiger charge is 2.12. The van der Waals surface area contributed by atoms with Crippen LogP contribution in [0, 0.1) is 13.8 Å². The van der Waals surface area contributed by atoms with Gasteiger partial charge in [-0.1, -0.05) is 18.2 Å². The Morgan fingerprint density at radius 3 is 2.56 bits per heavy atom. The van der Waals surface area contributed by atoms with Crippen molar-refractivity contribution in [1.29, 1.82) is 0 Å². The number of aromatic hydroxyl groups is 1. The zero-order chi connectivity index (χ0) is 19.4. The molecular weight excluding hydrogens is 342 g/mol. The smallest absolute Gasteiger partial charge is 0.275 e. The molecule has 0 saturated carbocycles. The van der Waals surface area contributed by atoms with Gasteiger partial charge in [-0.3, -0.25) is 4.79 Å². The highest BCUT2D eigenvalue weighted by molar-refractivity contribution is 5.97. The Labute approximate surface area is 157 Å². The van der Waals surface area contributed by atoms with E-state index in [9.17, 15) is 9.90 Å². The van der Waals surface area contributed by atoms with Crippen LogP contribution in [0.25, 0.3) is 5.69 Å². The Morgan fingerprint density at radius 2 is 1.89 bits per heavy atom. The monoisotopic (exact) mass is 363 g/mol. The first-order valence-corrected chi connectivity index (χ1v) is 8.46. The van der Waals surface area contributed by atoms with Gasteiger partial charge in [-0.25, -0.2) is 5.43 Å². The first-order valence-electron chi connectivity index (χ1n) is 8.46. The number of ether oxygens (including phenoxy) is 1. The predicted molar refractivity (Wildman–Crippen MR) is 105 cm³/mol. The lowest BCUT2D eigenvalue weighted by Crippen LogP contribution is -2.17. The minimum Gasteiger partial charge on any atom is -0.507 e. The average molecular weight is 363 g/mol. The van der Waals surface area contributed by atoms with Crippen molar-refractivity contribution in [2.75, 3.05) is 7.11 Å². The van der Waals surface area contributed by atoms with Gasteiger partial charge in [0.15, 0.2) is 0 Å². The van der Waals surface area contributed by atoms with E-state index < -0.39 is 5.91 Å². The zero-order valence-electron chi connectivity index (χ0n) is 15.4. The van der Waals surface area contributed by atoms with E-state index in [1.54, 1.807) is 12.3 Å². The summed E-state index contributed by atoms with van der Waals surface area (Å²) in [6.07, 6.45) is 1.60. The molecule has 0 bridgehead atoms. The van der Waals surface area contributed by atoms with E-state index in [-0.39, 0.29) is 11.3 Å². The Bertz CT molecular complexity index is 991. The number of aromatic nitrogens is 1. The molecule has 27 heavy (non-hydrogen) atoms. The van der Waals surface area contributed by atoms with Gasteiger partial charge in [0.2, 0.25) is 0 Å². The van der Waals surface area contributed by atoms with Crippen molar-refractivity contribution >= 4 is 12.1 Å². The summed E-state index contributed by atoms with van der Waals surface area (Å²) >= 11 is 0. The van der Waals surface area contributed by atoms with Crippen LogP contribution in [0.2, 0.25) is 0 Å². The van der Waals surface area contributed by atoms with Crippen LogP contribution in [-0.4, -0.2) is 28.9 Å². The summed E-state index contributed by atoms with van der Waals surface area (Å²) < 4.78 is 7.13. The molecule has 0 saturated heterocycles. The molecule has 6 heteroatoms. The number of aryl methyl sites for hydroxylation is 1. The van der Waals surface area contributed by atoms with Crippen LogP contribution in [0.5, 0.6) is 11.5 Å². The Balaban J connectivity index is 1.76. The maximum absolute atomic E-state index is 12.2. The lowest BCUT2D eigenvalue weighted by molar-refractivity contribution is 0.0952.